The van der Waals surface area contributed by atoms with Crippen LogP contribution in [-0.4, -0.2) is 64.6 Å². The molecule has 2 aliphatic rings. The van der Waals surface area contributed by atoms with E-state index in [0.29, 0.717) is 60.7 Å². The summed E-state index contributed by atoms with van der Waals surface area (Å²) in [7, 11) is 3.28. The molecule has 1 atom stereocenters. The van der Waals surface area contributed by atoms with Crippen LogP contribution >= 0.6 is 0 Å². The number of hydrogen-bond donors (Lipinski definition) is 1. The minimum absolute atomic E-state index is 0.213. The van der Waals surface area contributed by atoms with Crippen molar-refractivity contribution in [2.45, 2.75) is 33.6 Å². The van der Waals surface area contributed by atoms with Crippen LogP contribution in [0.25, 0.3) is 22.6 Å². The number of hydrogen-bond acceptors (Lipinski definition) is 8. The van der Waals surface area contributed by atoms with Gasteiger partial charge in [0.05, 0.1) is 68.8 Å². The lowest BCUT2D eigenvalue weighted by molar-refractivity contribution is 0.102. The maximum atomic E-state index is 14.5. The second-order valence-electron chi connectivity index (χ2n) is 11.8. The van der Waals surface area contributed by atoms with Crippen LogP contribution in [0, 0.1) is 5.92 Å². The van der Waals surface area contributed by atoms with E-state index in [1.54, 1.807) is 14.2 Å². The predicted molar refractivity (Wildman–Crippen MR) is 186 cm³/mol. The predicted octanol–water partition coefficient (Wildman–Crippen LogP) is 7.26. The van der Waals surface area contributed by atoms with E-state index in [4.69, 9.17) is 28.7 Å². The van der Waals surface area contributed by atoms with Gasteiger partial charge in [-0.15, -0.1) is 0 Å². The number of pyridine rings is 1. The van der Waals surface area contributed by atoms with Crippen LogP contribution in [0.4, 0.5) is 11.4 Å². The largest absolute Gasteiger partial charge is 0.493 e. The molecule has 47 heavy (non-hydrogen) atoms. The molecule has 2 heterocycles. The number of aromatic nitrogens is 1. The zero-order valence-electron chi connectivity index (χ0n) is 27.9. The molecule has 1 aliphatic heterocycles. The van der Waals surface area contributed by atoms with Gasteiger partial charge in [-0.1, -0.05) is 37.3 Å². The summed E-state index contributed by atoms with van der Waals surface area (Å²) in [5, 5.41) is 4.03. The Hall–Kier alpha value is -4.76. The minimum Gasteiger partial charge on any atom is -0.493 e. The first-order chi connectivity index (χ1) is 22.9. The summed E-state index contributed by atoms with van der Waals surface area (Å²) < 4.78 is 29.1. The number of ether oxygens (including phenoxy) is 5. The van der Waals surface area contributed by atoms with Gasteiger partial charge in [0.15, 0.2) is 11.5 Å². The van der Waals surface area contributed by atoms with Crippen LogP contribution in [0.2, 0.25) is 0 Å². The number of carbonyl (C=O) groups is 1. The molecule has 0 radical (unpaired) electrons. The third-order valence-corrected chi connectivity index (χ3v) is 8.67. The van der Waals surface area contributed by atoms with Gasteiger partial charge in [0, 0.05) is 36.2 Å². The summed E-state index contributed by atoms with van der Waals surface area (Å²) in [6.45, 7) is 9.85. The van der Waals surface area contributed by atoms with Gasteiger partial charge in [0.2, 0.25) is 0 Å². The second kappa shape index (κ2) is 14.3. The highest BCUT2D eigenvalue weighted by Crippen LogP contribution is 2.43. The average molecular weight is 638 g/mol. The lowest BCUT2D eigenvalue weighted by atomic mass is 9.80. The van der Waals surface area contributed by atoms with Crippen LogP contribution in [0.3, 0.4) is 0 Å². The van der Waals surface area contributed by atoms with Crippen molar-refractivity contribution in [3.05, 3.63) is 77.0 Å². The molecule has 1 amide bonds. The number of allylic oxidation sites excluding steroid dienone is 1. The number of para-hydroxylation sites is 2. The molecule has 1 unspecified atom stereocenters. The lowest BCUT2D eigenvalue weighted by Gasteiger charge is -2.31. The van der Waals surface area contributed by atoms with E-state index in [0.717, 1.165) is 64.9 Å². The van der Waals surface area contributed by atoms with Gasteiger partial charge >= 0.3 is 0 Å². The third kappa shape index (κ3) is 6.58. The van der Waals surface area contributed by atoms with E-state index in [2.05, 4.69) is 23.2 Å². The summed E-state index contributed by atoms with van der Waals surface area (Å²) in [6, 6.07) is 17.5. The van der Waals surface area contributed by atoms with Crippen molar-refractivity contribution in [3.63, 3.8) is 0 Å². The maximum Gasteiger partial charge on any atom is 0.256 e. The summed E-state index contributed by atoms with van der Waals surface area (Å²) in [5.41, 5.74) is 6.59. The first-order valence-electron chi connectivity index (χ1n) is 16.4. The monoisotopic (exact) mass is 637 g/mol. The fourth-order valence-electron chi connectivity index (χ4n) is 6.64. The summed E-state index contributed by atoms with van der Waals surface area (Å²) in [6.07, 6.45) is 3.65. The fraction of sp³-hybridized carbons (Fsp3) is 0.368. The Morgan fingerprint density at radius 1 is 0.957 bits per heavy atom. The molecule has 6 rings (SSSR count). The Labute approximate surface area is 276 Å². The molecule has 1 saturated heterocycles. The number of benzene rings is 3. The molecule has 1 N–H and O–H groups in total. The maximum absolute atomic E-state index is 14.5. The number of fused-ring (bicyclic) bond motifs is 2. The van der Waals surface area contributed by atoms with Gasteiger partial charge in [-0.25, -0.2) is 4.98 Å². The number of nitrogens with one attached hydrogen (secondary N) is 1. The average Bonchev–Trinajstić information content (AvgIpc) is 3.08. The zero-order valence-corrected chi connectivity index (χ0v) is 27.9. The van der Waals surface area contributed by atoms with Crippen LogP contribution in [0.15, 0.2) is 54.6 Å². The van der Waals surface area contributed by atoms with Crippen LogP contribution in [-0.2, 0) is 11.2 Å². The van der Waals surface area contributed by atoms with E-state index < -0.39 is 0 Å². The van der Waals surface area contributed by atoms with Gasteiger partial charge in [-0.05, 0) is 62.0 Å². The van der Waals surface area contributed by atoms with Gasteiger partial charge < -0.3 is 33.9 Å². The number of morpholine rings is 1. The minimum atomic E-state index is -0.213. The van der Waals surface area contributed by atoms with Gasteiger partial charge in [-0.3, -0.25) is 4.79 Å². The molecule has 3 aromatic carbocycles. The van der Waals surface area contributed by atoms with Crippen molar-refractivity contribution < 1.29 is 28.5 Å². The fourth-order valence-corrected chi connectivity index (χ4v) is 6.64. The first kappa shape index (κ1) is 32.2. The topological polar surface area (TPSA) is 91.4 Å². The van der Waals surface area contributed by atoms with Crippen LogP contribution in [0.5, 0.6) is 23.0 Å². The quantitative estimate of drug-likeness (QED) is 0.194. The molecule has 9 nitrogen and oxygen atoms in total. The summed E-state index contributed by atoms with van der Waals surface area (Å²) in [5.74, 6) is 2.69. The molecule has 0 spiro atoms. The van der Waals surface area contributed by atoms with Crippen molar-refractivity contribution in [2.24, 2.45) is 5.92 Å². The van der Waals surface area contributed by atoms with Crippen molar-refractivity contribution in [3.8, 4) is 23.0 Å². The van der Waals surface area contributed by atoms with Crippen molar-refractivity contribution in [1.29, 1.82) is 0 Å². The van der Waals surface area contributed by atoms with Gasteiger partial charge in [0.25, 0.3) is 5.91 Å². The number of nitrogens with zero attached hydrogens (tertiary/aromatic N) is 2. The van der Waals surface area contributed by atoms with E-state index in [1.165, 1.54) is 0 Å². The SMILES string of the molecule is CCOc1cc(N2CCOCC2)c(OCC)cc1NC(=O)c1c2c(nc3ccccc13)/C(=C/c1cccc(OC)c1OC)CC(C)C2. The number of rotatable bonds is 10. The molecule has 0 saturated carbocycles. The molecule has 1 fully saturated rings. The Morgan fingerprint density at radius 2 is 1.72 bits per heavy atom. The second-order valence-corrected chi connectivity index (χ2v) is 11.8. The first-order valence-corrected chi connectivity index (χ1v) is 16.4. The molecule has 9 heteroatoms. The smallest absolute Gasteiger partial charge is 0.256 e. The number of methoxy groups -OCH3 is 2. The lowest BCUT2D eigenvalue weighted by Crippen LogP contribution is -2.36. The molecular formula is C38H43N3O6. The summed E-state index contributed by atoms with van der Waals surface area (Å²) >= 11 is 0. The molecule has 1 aromatic heterocycles. The van der Waals surface area contributed by atoms with Crippen molar-refractivity contribution in [2.75, 3.05) is 64.0 Å². The Bertz CT molecular complexity index is 1800. The molecule has 246 valence electrons. The number of carbonyl (C=O) groups excluding carboxylic acids is 1. The molecule has 0 bridgehead atoms. The Balaban J connectivity index is 1.47. The van der Waals surface area contributed by atoms with E-state index in [9.17, 15) is 4.79 Å². The highest BCUT2D eigenvalue weighted by Gasteiger charge is 2.29. The normalized spacial score (nSPS) is 16.9. The zero-order chi connectivity index (χ0) is 32.9. The van der Waals surface area contributed by atoms with Crippen LogP contribution < -0.4 is 29.2 Å². The summed E-state index contributed by atoms with van der Waals surface area (Å²) in [4.78, 5) is 21.9. The van der Waals surface area contributed by atoms with Crippen molar-refractivity contribution >= 4 is 39.8 Å². The number of amides is 1. The van der Waals surface area contributed by atoms with Gasteiger partial charge in [-0.2, -0.15) is 0 Å². The van der Waals surface area contributed by atoms with E-state index in [1.807, 2.05) is 68.4 Å². The van der Waals surface area contributed by atoms with Crippen LogP contribution in [0.1, 0.15) is 54.4 Å². The highest BCUT2D eigenvalue weighted by molar-refractivity contribution is 6.15. The standard InChI is InChI=1S/C38H43N3O6/c1-6-46-33-23-31(41-15-17-45-18-16-41)34(47-7-2)22-30(33)40-38(42)35-27-12-8-9-13-29(27)39-36-26(19-24(3)20-28(35)36)21-25-11-10-14-32(43-4)37(25)44-5/h8-14,21-24H,6-7,15-20H2,1-5H3,(H,40,42)/b26-21+. The van der Waals surface area contributed by atoms with Gasteiger partial charge in [0.1, 0.15) is 11.5 Å². The Kier molecular flexibility index (Phi) is 9.82. The highest BCUT2D eigenvalue weighted by atomic mass is 16.5. The molecule has 1 aliphatic carbocycles. The Morgan fingerprint density at radius 3 is 2.47 bits per heavy atom. The molecular weight excluding hydrogens is 594 g/mol. The van der Waals surface area contributed by atoms with Crippen molar-refractivity contribution in [1.82, 2.24) is 4.98 Å². The van der Waals surface area contributed by atoms with E-state index in [-0.39, 0.29) is 11.8 Å². The third-order valence-electron chi connectivity index (χ3n) is 8.67. The molecule has 4 aromatic rings. The number of anilines is 2. The van der Waals surface area contributed by atoms with E-state index >= 15 is 0 Å².